The topological polar surface area (TPSA) is 70.6 Å². The lowest BCUT2D eigenvalue weighted by atomic mass is 10.0. The molecular weight excluding hydrogens is 388 g/mol. The molecule has 31 heavy (non-hydrogen) atoms. The first-order valence-corrected chi connectivity index (χ1v) is 10.6. The molecule has 4 rings (SSSR count). The molecule has 6 heteroatoms. The molecule has 2 aromatic carbocycles. The van der Waals surface area contributed by atoms with Crippen LogP contribution in [0.5, 0.6) is 0 Å². The van der Waals surface area contributed by atoms with Gasteiger partial charge in [0.1, 0.15) is 5.36 Å². The molecule has 160 valence electrons. The van der Waals surface area contributed by atoms with E-state index >= 15 is 0 Å². The summed E-state index contributed by atoms with van der Waals surface area (Å²) >= 11 is 0. The lowest BCUT2D eigenvalue weighted by molar-refractivity contribution is 0.0137. The summed E-state index contributed by atoms with van der Waals surface area (Å²) < 4.78 is 6.30. The number of nitrogens with one attached hydrogen (secondary N) is 1. The third-order valence-electron chi connectivity index (χ3n) is 5.49. The molecule has 0 saturated carbocycles. The quantitative estimate of drug-likeness (QED) is 0.670. The maximum atomic E-state index is 12.2. The second-order valence-corrected chi connectivity index (χ2v) is 8.34. The van der Waals surface area contributed by atoms with E-state index in [0.29, 0.717) is 23.1 Å². The van der Waals surface area contributed by atoms with Gasteiger partial charge < -0.3 is 14.6 Å². The Kier molecular flexibility index (Phi) is 5.74. The molecule has 1 N–H and O–H groups in total. The van der Waals surface area contributed by atoms with Gasteiger partial charge in [0.05, 0.1) is 35.5 Å². The smallest absolute Gasteiger partial charge is 0.347 e. The van der Waals surface area contributed by atoms with Crippen LogP contribution in [0.4, 0.5) is 17.2 Å². The highest BCUT2D eigenvalue weighted by molar-refractivity contribution is 5.77. The fourth-order valence-corrected chi connectivity index (χ4v) is 3.94. The van der Waals surface area contributed by atoms with E-state index in [-0.39, 0.29) is 12.2 Å². The highest BCUT2D eigenvalue weighted by Crippen LogP contribution is 2.37. The summed E-state index contributed by atoms with van der Waals surface area (Å²) in [5.74, 6) is 0.523. The van der Waals surface area contributed by atoms with E-state index in [2.05, 4.69) is 59.6 Å². The first kappa shape index (κ1) is 21.0. The normalized spacial score (nSPS) is 13.5. The van der Waals surface area contributed by atoms with Gasteiger partial charge in [-0.25, -0.2) is 9.79 Å². The molecule has 2 heterocycles. The minimum Gasteiger partial charge on any atom is -0.373 e. The molecule has 1 atom stereocenters. The molecule has 3 aromatic rings. The summed E-state index contributed by atoms with van der Waals surface area (Å²) in [4.78, 5) is 26.0. The first-order valence-electron chi connectivity index (χ1n) is 10.6. The third kappa shape index (κ3) is 4.44. The highest BCUT2D eigenvalue weighted by atomic mass is 16.5. The lowest BCUT2D eigenvalue weighted by Gasteiger charge is -2.32. The largest absolute Gasteiger partial charge is 0.373 e. The van der Waals surface area contributed by atoms with Crippen molar-refractivity contribution in [3.63, 3.8) is 0 Å². The SMILES string of the molecule is C=c1[nH]c(=O)nc2c1=Nc1cc(C)c(C)cc1N2CC(Cc1ccccc1)OC(C)C. The van der Waals surface area contributed by atoms with Crippen molar-refractivity contribution in [1.82, 2.24) is 9.97 Å². The number of aryl methyl sites for hydroxylation is 2. The zero-order valence-electron chi connectivity index (χ0n) is 18.5. The minimum absolute atomic E-state index is 0.0671. The van der Waals surface area contributed by atoms with E-state index in [1.165, 1.54) is 5.56 Å². The predicted molar refractivity (Wildman–Crippen MR) is 124 cm³/mol. The van der Waals surface area contributed by atoms with Crippen LogP contribution in [0, 0.1) is 13.8 Å². The van der Waals surface area contributed by atoms with Crippen molar-refractivity contribution >= 4 is 23.8 Å². The molecule has 1 aromatic heterocycles. The fourth-order valence-electron chi connectivity index (χ4n) is 3.94. The number of nitrogens with zero attached hydrogens (tertiary/aromatic N) is 3. The van der Waals surface area contributed by atoms with Gasteiger partial charge in [-0.3, -0.25) is 0 Å². The molecule has 6 nitrogen and oxygen atoms in total. The van der Waals surface area contributed by atoms with Gasteiger partial charge in [-0.05, 0) is 56.5 Å². The highest BCUT2D eigenvalue weighted by Gasteiger charge is 2.26. The first-order chi connectivity index (χ1) is 14.8. The zero-order valence-corrected chi connectivity index (χ0v) is 18.5. The van der Waals surface area contributed by atoms with Gasteiger partial charge in [0.2, 0.25) is 0 Å². The Morgan fingerprint density at radius 3 is 2.55 bits per heavy atom. The summed E-state index contributed by atoms with van der Waals surface area (Å²) in [7, 11) is 0. The van der Waals surface area contributed by atoms with E-state index < -0.39 is 5.69 Å². The Hall–Kier alpha value is -3.25. The minimum atomic E-state index is -0.430. The Labute approximate surface area is 182 Å². The van der Waals surface area contributed by atoms with Gasteiger partial charge in [0, 0.05) is 6.42 Å². The van der Waals surface area contributed by atoms with Crippen molar-refractivity contribution in [2.24, 2.45) is 4.99 Å². The van der Waals surface area contributed by atoms with Gasteiger partial charge >= 0.3 is 5.69 Å². The van der Waals surface area contributed by atoms with Gasteiger partial charge in [-0.1, -0.05) is 36.9 Å². The van der Waals surface area contributed by atoms with Crippen LogP contribution in [0.15, 0.2) is 52.3 Å². The van der Waals surface area contributed by atoms with Crippen LogP contribution < -0.4 is 21.3 Å². The molecular formula is C25H28N4O2. The number of aromatic nitrogens is 2. The van der Waals surface area contributed by atoms with Crippen LogP contribution in [0.1, 0.15) is 30.5 Å². The second kappa shape index (κ2) is 8.47. The molecule has 0 saturated heterocycles. The molecule has 0 amide bonds. The summed E-state index contributed by atoms with van der Waals surface area (Å²) in [5, 5.41) is 1.06. The van der Waals surface area contributed by atoms with E-state index in [1.807, 2.05) is 32.0 Å². The van der Waals surface area contributed by atoms with Gasteiger partial charge in [-0.2, -0.15) is 4.98 Å². The maximum Gasteiger partial charge on any atom is 0.347 e. The van der Waals surface area contributed by atoms with E-state index in [9.17, 15) is 4.79 Å². The monoisotopic (exact) mass is 416 g/mol. The number of aromatic amines is 1. The molecule has 0 spiro atoms. The Bertz CT molecular complexity index is 1270. The lowest BCUT2D eigenvalue weighted by Crippen LogP contribution is -2.45. The zero-order chi connectivity index (χ0) is 22.1. The number of fused-ring (bicyclic) bond motifs is 2. The summed E-state index contributed by atoms with van der Waals surface area (Å²) in [6.07, 6.45) is 0.720. The van der Waals surface area contributed by atoms with Crippen LogP contribution in [0.2, 0.25) is 0 Å². The Balaban J connectivity index is 1.82. The van der Waals surface area contributed by atoms with Crippen LogP contribution in [-0.2, 0) is 11.2 Å². The summed E-state index contributed by atoms with van der Waals surface area (Å²) in [6.45, 7) is 12.8. The van der Waals surface area contributed by atoms with E-state index in [1.54, 1.807) is 0 Å². The van der Waals surface area contributed by atoms with Crippen molar-refractivity contribution in [3.8, 4) is 0 Å². The van der Waals surface area contributed by atoms with Gasteiger partial charge in [0.15, 0.2) is 5.82 Å². The number of hydrogen-bond donors (Lipinski definition) is 1. The number of H-pyrrole nitrogens is 1. The van der Waals surface area contributed by atoms with Crippen LogP contribution in [-0.4, -0.2) is 28.7 Å². The second-order valence-electron chi connectivity index (χ2n) is 8.34. The molecule has 0 radical (unpaired) electrons. The molecule has 1 aliphatic rings. The van der Waals surface area contributed by atoms with Crippen LogP contribution >= 0.6 is 0 Å². The molecule has 0 fully saturated rings. The average Bonchev–Trinajstić information content (AvgIpc) is 2.70. The van der Waals surface area contributed by atoms with Crippen molar-refractivity contribution in [1.29, 1.82) is 0 Å². The van der Waals surface area contributed by atoms with Crippen molar-refractivity contribution < 1.29 is 4.74 Å². The Morgan fingerprint density at radius 1 is 1.13 bits per heavy atom. The summed E-state index contributed by atoms with van der Waals surface area (Å²) in [6, 6.07) is 14.5. The number of ether oxygens (including phenoxy) is 1. The maximum absolute atomic E-state index is 12.2. The van der Waals surface area contributed by atoms with Crippen LogP contribution in [0.3, 0.4) is 0 Å². The fraction of sp³-hybridized carbons (Fsp3) is 0.320. The van der Waals surface area contributed by atoms with Gasteiger partial charge in [0.25, 0.3) is 0 Å². The molecule has 1 unspecified atom stereocenters. The average molecular weight is 417 g/mol. The Morgan fingerprint density at radius 2 is 1.84 bits per heavy atom. The standard InChI is InChI=1S/C25H28N4O2/c1-15(2)31-20(13-19-9-7-6-8-10-19)14-29-22-12-17(4)16(3)11-21(22)27-23-18(5)26-25(30)28-24(23)29/h6-12,15,20H,5,13-14H2,1-4H3,(H,26,30). The summed E-state index contributed by atoms with van der Waals surface area (Å²) in [5.41, 5.74) is 4.86. The molecule has 0 bridgehead atoms. The van der Waals surface area contributed by atoms with E-state index in [4.69, 9.17) is 9.73 Å². The number of hydrogen-bond acceptors (Lipinski definition) is 5. The third-order valence-corrected chi connectivity index (χ3v) is 5.49. The number of anilines is 2. The predicted octanol–water partition coefficient (Wildman–Crippen LogP) is 3.24. The number of benzene rings is 2. The van der Waals surface area contributed by atoms with Crippen LogP contribution in [0.25, 0.3) is 6.58 Å². The molecule has 1 aliphatic heterocycles. The molecule has 0 aliphatic carbocycles. The van der Waals surface area contributed by atoms with Crippen molar-refractivity contribution in [2.45, 2.75) is 46.3 Å². The van der Waals surface area contributed by atoms with E-state index in [0.717, 1.165) is 28.9 Å². The van der Waals surface area contributed by atoms with Gasteiger partial charge in [-0.15, -0.1) is 0 Å². The van der Waals surface area contributed by atoms with Crippen molar-refractivity contribution in [2.75, 3.05) is 11.4 Å². The van der Waals surface area contributed by atoms with Crippen molar-refractivity contribution in [3.05, 3.63) is 80.3 Å². The number of rotatable bonds is 6.